The Kier molecular flexibility index (Phi) is 6.43. The van der Waals surface area contributed by atoms with Crippen LogP contribution < -0.4 is 0 Å². The van der Waals surface area contributed by atoms with E-state index >= 15 is 0 Å². The summed E-state index contributed by atoms with van der Waals surface area (Å²) in [5.74, 6) is 0.107. The van der Waals surface area contributed by atoms with Crippen LogP contribution in [0.25, 0.3) is 0 Å². The fourth-order valence-corrected chi connectivity index (χ4v) is 0.602. The summed E-state index contributed by atoms with van der Waals surface area (Å²) < 4.78 is 4.80. The lowest BCUT2D eigenvalue weighted by molar-refractivity contribution is -0.123. The van der Waals surface area contributed by atoms with Gasteiger partial charge in [0.1, 0.15) is 6.61 Å². The molecule has 1 N–H and O–H groups in total. The van der Waals surface area contributed by atoms with Gasteiger partial charge in [0.05, 0.1) is 13.2 Å². The van der Waals surface area contributed by atoms with Crippen molar-refractivity contribution in [3.8, 4) is 0 Å². The zero-order valence-corrected chi connectivity index (χ0v) is 6.30. The third kappa shape index (κ3) is 5.72. The molecule has 60 valence electrons. The summed E-state index contributed by atoms with van der Waals surface area (Å²) in [6, 6.07) is 0. The van der Waals surface area contributed by atoms with E-state index in [0.29, 0.717) is 6.42 Å². The van der Waals surface area contributed by atoms with Crippen molar-refractivity contribution in [3.05, 3.63) is 0 Å². The van der Waals surface area contributed by atoms with Crippen LogP contribution in [0.1, 0.15) is 19.8 Å². The molecular weight excluding hydrogens is 132 g/mol. The molecule has 0 unspecified atom stereocenters. The molecule has 3 heteroatoms. The molecule has 0 saturated heterocycles. The number of carbonyl (C=O) groups excluding carboxylic acids is 1. The third-order valence-electron chi connectivity index (χ3n) is 1.03. The number of ketones is 1. The second kappa shape index (κ2) is 6.71. The van der Waals surface area contributed by atoms with Crippen LogP contribution in [0.5, 0.6) is 0 Å². The van der Waals surface area contributed by atoms with Crippen LogP contribution in [-0.2, 0) is 9.53 Å². The predicted molar refractivity (Wildman–Crippen MR) is 37.8 cm³/mol. The molecule has 0 fully saturated rings. The van der Waals surface area contributed by atoms with Crippen molar-refractivity contribution in [1.82, 2.24) is 0 Å². The Hall–Kier alpha value is -0.410. The minimum Gasteiger partial charge on any atom is -0.394 e. The molecule has 0 radical (unpaired) electrons. The maximum atomic E-state index is 10.7. The number of rotatable bonds is 6. The molecule has 0 aromatic heterocycles. The fourth-order valence-electron chi connectivity index (χ4n) is 0.602. The molecule has 0 heterocycles. The van der Waals surface area contributed by atoms with Crippen LogP contribution in [-0.4, -0.2) is 30.7 Å². The highest BCUT2D eigenvalue weighted by molar-refractivity contribution is 5.79. The van der Waals surface area contributed by atoms with E-state index < -0.39 is 0 Å². The first-order valence-corrected chi connectivity index (χ1v) is 3.51. The van der Waals surface area contributed by atoms with E-state index in [2.05, 4.69) is 0 Å². The fraction of sp³-hybridized carbons (Fsp3) is 0.857. The quantitative estimate of drug-likeness (QED) is 0.550. The van der Waals surface area contributed by atoms with Gasteiger partial charge in [0.15, 0.2) is 5.78 Å². The van der Waals surface area contributed by atoms with Gasteiger partial charge in [0, 0.05) is 6.42 Å². The summed E-state index contributed by atoms with van der Waals surface area (Å²) in [6.45, 7) is 2.34. The maximum Gasteiger partial charge on any atom is 0.158 e. The molecule has 0 bridgehead atoms. The van der Waals surface area contributed by atoms with Crippen LogP contribution >= 0.6 is 0 Å². The molecule has 0 aromatic carbocycles. The molecule has 0 aliphatic rings. The van der Waals surface area contributed by atoms with Crippen molar-refractivity contribution >= 4 is 5.78 Å². The zero-order valence-electron chi connectivity index (χ0n) is 6.30. The minimum absolute atomic E-state index is 0.0145. The van der Waals surface area contributed by atoms with E-state index in [9.17, 15) is 4.79 Å². The maximum absolute atomic E-state index is 10.7. The summed E-state index contributed by atoms with van der Waals surface area (Å²) in [4.78, 5) is 10.7. The van der Waals surface area contributed by atoms with Crippen molar-refractivity contribution < 1.29 is 14.6 Å². The molecule has 0 aromatic rings. The van der Waals surface area contributed by atoms with Gasteiger partial charge >= 0.3 is 0 Å². The lowest BCUT2D eigenvalue weighted by Gasteiger charge is -1.98. The van der Waals surface area contributed by atoms with Crippen LogP contribution in [0.2, 0.25) is 0 Å². The van der Waals surface area contributed by atoms with E-state index in [1.165, 1.54) is 0 Å². The van der Waals surface area contributed by atoms with Crippen molar-refractivity contribution in [2.75, 3.05) is 19.8 Å². The zero-order chi connectivity index (χ0) is 7.82. The van der Waals surface area contributed by atoms with Gasteiger partial charge in [0.2, 0.25) is 0 Å². The number of hydrogen-bond donors (Lipinski definition) is 1. The number of carbonyl (C=O) groups is 1. The molecule has 0 spiro atoms. The monoisotopic (exact) mass is 146 g/mol. The minimum atomic E-state index is -0.0145. The van der Waals surface area contributed by atoms with Gasteiger partial charge in [-0.05, 0) is 6.42 Å². The molecule has 10 heavy (non-hydrogen) atoms. The Morgan fingerprint density at radius 1 is 1.60 bits per heavy atom. The Morgan fingerprint density at radius 2 is 2.30 bits per heavy atom. The number of aliphatic hydroxyl groups excluding tert-OH is 1. The molecule has 0 amide bonds. The molecule has 0 aliphatic carbocycles. The van der Waals surface area contributed by atoms with Gasteiger partial charge in [-0.3, -0.25) is 4.79 Å². The van der Waals surface area contributed by atoms with Gasteiger partial charge in [-0.25, -0.2) is 0 Å². The van der Waals surface area contributed by atoms with E-state index in [1.807, 2.05) is 6.92 Å². The second-order valence-corrected chi connectivity index (χ2v) is 2.06. The van der Waals surface area contributed by atoms with Crippen molar-refractivity contribution in [1.29, 1.82) is 0 Å². The highest BCUT2D eigenvalue weighted by atomic mass is 16.5. The second-order valence-electron chi connectivity index (χ2n) is 2.06. The predicted octanol–water partition coefficient (Wildman–Crippen LogP) is 0.364. The SMILES string of the molecule is CCCC(=O)COCCO. The standard InChI is InChI=1S/C7H14O3/c1-2-3-7(9)6-10-5-4-8/h8H,2-6H2,1H3. The van der Waals surface area contributed by atoms with Crippen molar-refractivity contribution in [2.45, 2.75) is 19.8 Å². The normalized spacial score (nSPS) is 9.80. The first-order chi connectivity index (χ1) is 4.81. The summed E-state index contributed by atoms with van der Waals surface area (Å²) in [7, 11) is 0. The summed E-state index contributed by atoms with van der Waals surface area (Å²) in [5.41, 5.74) is 0. The van der Waals surface area contributed by atoms with Gasteiger partial charge in [-0.15, -0.1) is 0 Å². The first kappa shape index (κ1) is 9.59. The van der Waals surface area contributed by atoms with Crippen molar-refractivity contribution in [3.63, 3.8) is 0 Å². The summed E-state index contributed by atoms with van der Waals surface area (Å²) in [6.07, 6.45) is 1.44. The Labute approximate surface area is 61.0 Å². The average molecular weight is 146 g/mol. The molecule has 0 saturated carbocycles. The van der Waals surface area contributed by atoms with Crippen LogP contribution in [0.15, 0.2) is 0 Å². The lowest BCUT2D eigenvalue weighted by Crippen LogP contribution is -2.10. The molecule has 3 nitrogen and oxygen atoms in total. The Balaban J connectivity index is 3.05. The average Bonchev–Trinajstić information content (AvgIpc) is 1.89. The van der Waals surface area contributed by atoms with E-state index in [4.69, 9.17) is 9.84 Å². The van der Waals surface area contributed by atoms with Gasteiger partial charge in [-0.1, -0.05) is 6.92 Å². The Bertz CT molecular complexity index is 90.9. The highest BCUT2D eigenvalue weighted by Crippen LogP contribution is 1.89. The van der Waals surface area contributed by atoms with Crippen LogP contribution in [0.3, 0.4) is 0 Å². The number of hydrogen-bond acceptors (Lipinski definition) is 3. The smallest absolute Gasteiger partial charge is 0.158 e. The molecule has 0 rings (SSSR count). The van der Waals surface area contributed by atoms with Crippen molar-refractivity contribution in [2.24, 2.45) is 0 Å². The summed E-state index contributed by atoms with van der Waals surface area (Å²) in [5, 5.41) is 8.27. The van der Waals surface area contributed by atoms with Crippen LogP contribution in [0.4, 0.5) is 0 Å². The third-order valence-corrected chi connectivity index (χ3v) is 1.03. The summed E-state index contributed by atoms with van der Waals surface area (Å²) >= 11 is 0. The number of Topliss-reactive ketones (excluding diaryl/α,β-unsaturated/α-hetero) is 1. The Morgan fingerprint density at radius 3 is 2.80 bits per heavy atom. The largest absolute Gasteiger partial charge is 0.394 e. The number of aliphatic hydroxyl groups is 1. The van der Waals surface area contributed by atoms with Gasteiger partial charge in [-0.2, -0.15) is 0 Å². The van der Waals surface area contributed by atoms with Gasteiger partial charge in [0.25, 0.3) is 0 Å². The highest BCUT2D eigenvalue weighted by Gasteiger charge is 1.98. The van der Waals surface area contributed by atoms with E-state index in [1.54, 1.807) is 0 Å². The first-order valence-electron chi connectivity index (χ1n) is 3.51. The molecule has 0 atom stereocenters. The van der Waals surface area contributed by atoms with E-state index in [0.717, 1.165) is 6.42 Å². The molecular formula is C7H14O3. The topological polar surface area (TPSA) is 46.5 Å². The van der Waals surface area contributed by atoms with Gasteiger partial charge < -0.3 is 9.84 Å². The van der Waals surface area contributed by atoms with Crippen LogP contribution in [0, 0.1) is 0 Å². The van der Waals surface area contributed by atoms with E-state index in [-0.39, 0.29) is 25.6 Å². The molecule has 0 aliphatic heterocycles. The lowest BCUT2D eigenvalue weighted by atomic mass is 10.2. The number of ether oxygens (including phenoxy) is 1.